The Balaban J connectivity index is 1.41. The largest absolute Gasteiger partial charge is 0.396 e. The highest BCUT2D eigenvalue weighted by atomic mass is 32.2. The highest BCUT2D eigenvalue weighted by Crippen LogP contribution is 2.32. The quantitative estimate of drug-likeness (QED) is 0.782. The van der Waals surface area contributed by atoms with Gasteiger partial charge in [0, 0.05) is 38.8 Å². The van der Waals surface area contributed by atoms with Gasteiger partial charge in [-0.1, -0.05) is 26.0 Å². The van der Waals surface area contributed by atoms with Crippen LogP contribution in [0.4, 0.5) is 0 Å². The van der Waals surface area contributed by atoms with Gasteiger partial charge < -0.3 is 10.0 Å². The van der Waals surface area contributed by atoms with Crippen molar-refractivity contribution < 1.29 is 13.5 Å². The predicted octanol–water partition coefficient (Wildman–Crippen LogP) is 1.56. The minimum atomic E-state index is -3.59. The molecule has 4 rings (SSSR count). The van der Waals surface area contributed by atoms with Crippen molar-refractivity contribution in [2.75, 3.05) is 45.9 Å². The van der Waals surface area contributed by atoms with E-state index in [0.717, 1.165) is 44.6 Å². The van der Waals surface area contributed by atoms with E-state index in [1.807, 2.05) is 12.1 Å². The normalized spacial score (nSPS) is 26.0. The fraction of sp³-hybridized carbons (Fsp3) is 0.667. The summed E-state index contributed by atoms with van der Waals surface area (Å²) in [5.41, 5.74) is 1.13. The first-order valence-electron chi connectivity index (χ1n) is 10.7. The number of rotatable bonds is 5. The lowest BCUT2D eigenvalue weighted by atomic mass is 9.79. The average molecular weight is 421 g/mol. The Labute approximate surface area is 174 Å². The van der Waals surface area contributed by atoms with Gasteiger partial charge in [0.25, 0.3) is 10.0 Å². The average Bonchev–Trinajstić information content (AvgIpc) is 3.18. The van der Waals surface area contributed by atoms with Gasteiger partial charge in [0.05, 0.1) is 18.0 Å². The molecule has 1 N–H and O–H groups in total. The molecule has 0 amide bonds. The summed E-state index contributed by atoms with van der Waals surface area (Å²) in [6.45, 7) is 8.82. The van der Waals surface area contributed by atoms with Gasteiger partial charge >= 0.3 is 0 Å². The molecule has 1 aliphatic carbocycles. The zero-order valence-electron chi connectivity index (χ0n) is 17.4. The standard InChI is InChI=1S/C21H32N4O3S/c1-16(2)18-3-5-20(6-4-18)29(27,28)25-8-7-22-21(25)24-11-9-23(10-12-24)19-13-17(14-19)15-26/h3-6,16-17,19,26H,7-15H2,1-2H3. The summed E-state index contributed by atoms with van der Waals surface area (Å²) in [6, 6.07) is 7.81. The molecule has 160 valence electrons. The number of aliphatic hydroxyl groups excluding tert-OH is 1. The van der Waals surface area contributed by atoms with Crippen molar-refractivity contribution in [3.8, 4) is 0 Å². The third-order valence-corrected chi connectivity index (χ3v) is 8.29. The molecule has 1 saturated heterocycles. The Morgan fingerprint density at radius 2 is 1.72 bits per heavy atom. The molecule has 29 heavy (non-hydrogen) atoms. The number of benzene rings is 1. The van der Waals surface area contributed by atoms with Crippen LogP contribution in [0, 0.1) is 5.92 Å². The minimum Gasteiger partial charge on any atom is -0.396 e. The van der Waals surface area contributed by atoms with E-state index >= 15 is 0 Å². The number of guanidine groups is 1. The Morgan fingerprint density at radius 1 is 1.07 bits per heavy atom. The van der Waals surface area contributed by atoms with E-state index < -0.39 is 10.0 Å². The summed E-state index contributed by atoms with van der Waals surface area (Å²) in [6.07, 6.45) is 2.15. The van der Waals surface area contributed by atoms with E-state index in [-0.39, 0.29) is 6.61 Å². The maximum atomic E-state index is 13.3. The van der Waals surface area contributed by atoms with E-state index in [1.54, 1.807) is 12.1 Å². The number of aliphatic imine (C=N–C) groups is 1. The van der Waals surface area contributed by atoms with Crippen LogP contribution < -0.4 is 0 Å². The maximum Gasteiger partial charge on any atom is 0.266 e. The van der Waals surface area contributed by atoms with Crippen LogP contribution in [0.1, 0.15) is 38.2 Å². The van der Waals surface area contributed by atoms with Crippen molar-refractivity contribution >= 4 is 16.0 Å². The molecule has 7 nitrogen and oxygen atoms in total. The first-order chi connectivity index (χ1) is 13.9. The molecule has 0 atom stereocenters. The van der Waals surface area contributed by atoms with E-state index in [2.05, 4.69) is 28.6 Å². The lowest BCUT2D eigenvalue weighted by molar-refractivity contribution is 0.0251. The molecule has 2 aliphatic heterocycles. The van der Waals surface area contributed by atoms with Crippen molar-refractivity contribution in [2.45, 2.75) is 43.5 Å². The summed E-state index contributed by atoms with van der Waals surface area (Å²) in [7, 11) is -3.59. The van der Waals surface area contributed by atoms with Gasteiger partial charge in [0.2, 0.25) is 5.96 Å². The molecule has 0 unspecified atom stereocenters. The third-order valence-electron chi connectivity index (χ3n) is 6.50. The maximum absolute atomic E-state index is 13.3. The number of hydrogen-bond donors (Lipinski definition) is 1. The molecule has 2 fully saturated rings. The smallest absolute Gasteiger partial charge is 0.266 e. The number of sulfonamides is 1. The zero-order chi connectivity index (χ0) is 20.6. The van der Waals surface area contributed by atoms with Crippen LogP contribution in [-0.2, 0) is 10.0 Å². The highest BCUT2D eigenvalue weighted by Gasteiger charge is 2.38. The van der Waals surface area contributed by atoms with Gasteiger partial charge in [-0.2, -0.15) is 0 Å². The van der Waals surface area contributed by atoms with E-state index in [9.17, 15) is 13.5 Å². The van der Waals surface area contributed by atoms with Crippen LogP contribution >= 0.6 is 0 Å². The molecule has 0 aromatic heterocycles. The number of nitrogens with zero attached hydrogens (tertiary/aromatic N) is 4. The molecular weight excluding hydrogens is 388 g/mol. The summed E-state index contributed by atoms with van der Waals surface area (Å²) in [5, 5.41) is 9.22. The summed E-state index contributed by atoms with van der Waals surface area (Å²) < 4.78 is 28.0. The van der Waals surface area contributed by atoms with Crippen LogP contribution in [0.2, 0.25) is 0 Å². The molecule has 0 bridgehead atoms. The van der Waals surface area contributed by atoms with Gasteiger partial charge in [-0.15, -0.1) is 0 Å². The molecular formula is C21H32N4O3S. The molecule has 3 aliphatic rings. The molecule has 8 heteroatoms. The Kier molecular flexibility index (Phi) is 5.86. The Bertz CT molecular complexity index is 839. The topological polar surface area (TPSA) is 76.5 Å². The molecule has 0 spiro atoms. The van der Waals surface area contributed by atoms with Crippen molar-refractivity contribution in [1.82, 2.24) is 14.1 Å². The van der Waals surface area contributed by atoms with Crippen LogP contribution in [0.15, 0.2) is 34.2 Å². The summed E-state index contributed by atoms with van der Waals surface area (Å²) >= 11 is 0. The number of aliphatic hydroxyl groups is 1. The molecule has 1 aromatic rings. The highest BCUT2D eigenvalue weighted by molar-refractivity contribution is 7.89. The number of hydrogen-bond acceptors (Lipinski definition) is 6. The zero-order valence-corrected chi connectivity index (χ0v) is 18.2. The first-order valence-corrected chi connectivity index (χ1v) is 12.1. The van der Waals surface area contributed by atoms with E-state index in [0.29, 0.717) is 41.8 Å². The van der Waals surface area contributed by atoms with Crippen molar-refractivity contribution in [2.24, 2.45) is 10.9 Å². The second-order valence-electron chi connectivity index (χ2n) is 8.68. The van der Waals surface area contributed by atoms with Gasteiger partial charge in [0.15, 0.2) is 0 Å². The van der Waals surface area contributed by atoms with Crippen LogP contribution in [0.3, 0.4) is 0 Å². The third kappa shape index (κ3) is 4.02. The minimum absolute atomic E-state index is 0.290. The lowest BCUT2D eigenvalue weighted by Crippen LogP contribution is -2.57. The first kappa shape index (κ1) is 20.6. The second-order valence-corrected chi connectivity index (χ2v) is 10.5. The van der Waals surface area contributed by atoms with Gasteiger partial charge in [0.1, 0.15) is 0 Å². The summed E-state index contributed by atoms with van der Waals surface area (Å²) in [5.74, 6) is 1.43. The molecule has 1 saturated carbocycles. The molecule has 2 heterocycles. The van der Waals surface area contributed by atoms with Crippen molar-refractivity contribution in [3.05, 3.63) is 29.8 Å². The van der Waals surface area contributed by atoms with Crippen LogP contribution in [0.5, 0.6) is 0 Å². The van der Waals surface area contributed by atoms with Crippen LogP contribution in [-0.4, -0.2) is 85.5 Å². The van der Waals surface area contributed by atoms with Crippen LogP contribution in [0.25, 0.3) is 0 Å². The Hall–Kier alpha value is -1.64. The second kappa shape index (κ2) is 8.24. The fourth-order valence-electron chi connectivity index (χ4n) is 4.49. The van der Waals surface area contributed by atoms with Gasteiger partial charge in [-0.3, -0.25) is 9.89 Å². The van der Waals surface area contributed by atoms with Crippen molar-refractivity contribution in [1.29, 1.82) is 0 Å². The number of piperazine rings is 1. The van der Waals surface area contributed by atoms with E-state index in [4.69, 9.17) is 0 Å². The van der Waals surface area contributed by atoms with Crippen molar-refractivity contribution in [3.63, 3.8) is 0 Å². The lowest BCUT2D eigenvalue weighted by Gasteiger charge is -2.46. The fourth-order valence-corrected chi connectivity index (χ4v) is 5.94. The molecule has 1 aromatic carbocycles. The SMILES string of the molecule is CC(C)c1ccc(S(=O)(=O)N2CCN=C2N2CCN(C3CC(CO)C3)CC2)cc1. The van der Waals surface area contributed by atoms with E-state index in [1.165, 1.54) is 4.31 Å². The monoisotopic (exact) mass is 420 g/mol. The Morgan fingerprint density at radius 3 is 2.31 bits per heavy atom. The van der Waals surface area contributed by atoms with Gasteiger partial charge in [-0.25, -0.2) is 12.7 Å². The summed E-state index contributed by atoms with van der Waals surface area (Å²) in [4.78, 5) is 9.47. The molecule has 0 radical (unpaired) electrons. The predicted molar refractivity (Wildman–Crippen MR) is 113 cm³/mol. The van der Waals surface area contributed by atoms with Gasteiger partial charge in [-0.05, 0) is 42.4 Å².